The molecule has 2 aromatic carbocycles. The molecule has 21 heavy (non-hydrogen) atoms. The SMILES string of the molecule is Cc1cc([N+](=O)[O-])ccc1NCc1ccc([N+](=O)[O-])cc1. The van der Waals surface area contributed by atoms with Gasteiger partial charge in [0, 0.05) is 36.5 Å². The summed E-state index contributed by atoms with van der Waals surface area (Å²) in [5, 5.41) is 24.4. The number of rotatable bonds is 5. The predicted molar refractivity (Wildman–Crippen MR) is 78.3 cm³/mol. The van der Waals surface area contributed by atoms with Gasteiger partial charge in [-0.3, -0.25) is 20.2 Å². The van der Waals surface area contributed by atoms with Gasteiger partial charge in [0.25, 0.3) is 11.4 Å². The molecule has 2 aromatic rings. The molecular weight excluding hydrogens is 274 g/mol. The molecule has 1 N–H and O–H groups in total. The molecule has 0 aliphatic rings. The van der Waals surface area contributed by atoms with Crippen molar-refractivity contribution >= 4 is 17.1 Å². The number of nitro groups is 2. The summed E-state index contributed by atoms with van der Waals surface area (Å²) in [6.45, 7) is 2.27. The highest BCUT2D eigenvalue weighted by Crippen LogP contribution is 2.22. The summed E-state index contributed by atoms with van der Waals surface area (Å²) in [7, 11) is 0. The van der Waals surface area contributed by atoms with E-state index in [4.69, 9.17) is 0 Å². The maximum Gasteiger partial charge on any atom is 0.269 e. The molecule has 0 aliphatic heterocycles. The molecule has 0 aliphatic carbocycles. The second kappa shape index (κ2) is 6.00. The summed E-state index contributed by atoms with van der Waals surface area (Å²) in [5.74, 6) is 0. The van der Waals surface area contributed by atoms with E-state index in [0.29, 0.717) is 6.54 Å². The molecule has 0 heterocycles. The Morgan fingerprint density at radius 2 is 1.52 bits per heavy atom. The number of nitrogens with zero attached hydrogens (tertiary/aromatic N) is 2. The molecule has 0 bridgehead atoms. The monoisotopic (exact) mass is 287 g/mol. The average Bonchev–Trinajstić information content (AvgIpc) is 2.46. The van der Waals surface area contributed by atoms with E-state index in [0.717, 1.165) is 16.8 Å². The van der Waals surface area contributed by atoms with E-state index >= 15 is 0 Å². The largest absolute Gasteiger partial charge is 0.381 e. The van der Waals surface area contributed by atoms with Crippen molar-refractivity contribution in [3.8, 4) is 0 Å². The Bertz CT molecular complexity index is 683. The van der Waals surface area contributed by atoms with Crippen LogP contribution in [0.15, 0.2) is 42.5 Å². The summed E-state index contributed by atoms with van der Waals surface area (Å²) < 4.78 is 0. The maximum absolute atomic E-state index is 10.7. The Labute approximate surface area is 120 Å². The van der Waals surface area contributed by atoms with Crippen LogP contribution in [0.1, 0.15) is 11.1 Å². The lowest BCUT2D eigenvalue weighted by Crippen LogP contribution is -2.01. The van der Waals surface area contributed by atoms with Gasteiger partial charge >= 0.3 is 0 Å². The minimum Gasteiger partial charge on any atom is -0.381 e. The number of hydrogen-bond donors (Lipinski definition) is 1. The third-order valence-electron chi connectivity index (χ3n) is 3.05. The van der Waals surface area contributed by atoms with Crippen LogP contribution in [0.3, 0.4) is 0 Å². The minimum absolute atomic E-state index is 0.0465. The number of anilines is 1. The van der Waals surface area contributed by atoms with Crippen LogP contribution in [0.4, 0.5) is 17.1 Å². The van der Waals surface area contributed by atoms with Crippen molar-refractivity contribution in [3.05, 3.63) is 73.8 Å². The van der Waals surface area contributed by atoms with Gasteiger partial charge in [0.05, 0.1) is 9.85 Å². The Hall–Kier alpha value is -2.96. The number of hydrogen-bond acceptors (Lipinski definition) is 5. The number of nitrogens with one attached hydrogen (secondary N) is 1. The van der Waals surface area contributed by atoms with Gasteiger partial charge in [-0.2, -0.15) is 0 Å². The van der Waals surface area contributed by atoms with E-state index in [1.807, 2.05) is 0 Å². The predicted octanol–water partition coefficient (Wildman–Crippen LogP) is 3.42. The first-order valence-corrected chi connectivity index (χ1v) is 6.19. The van der Waals surface area contributed by atoms with Crippen molar-refractivity contribution < 1.29 is 9.85 Å². The zero-order valence-electron chi connectivity index (χ0n) is 11.3. The lowest BCUT2D eigenvalue weighted by atomic mass is 10.1. The molecule has 7 heteroatoms. The topological polar surface area (TPSA) is 98.3 Å². The fraction of sp³-hybridized carbons (Fsp3) is 0.143. The molecule has 2 rings (SSSR count). The summed E-state index contributed by atoms with van der Waals surface area (Å²) in [4.78, 5) is 20.3. The Morgan fingerprint density at radius 1 is 0.952 bits per heavy atom. The van der Waals surface area contributed by atoms with Crippen LogP contribution >= 0.6 is 0 Å². The van der Waals surface area contributed by atoms with Crippen molar-refractivity contribution in [2.75, 3.05) is 5.32 Å². The van der Waals surface area contributed by atoms with Crippen LogP contribution in [0, 0.1) is 27.2 Å². The van der Waals surface area contributed by atoms with E-state index in [1.54, 1.807) is 25.1 Å². The fourth-order valence-electron chi connectivity index (χ4n) is 1.89. The molecule has 0 unspecified atom stereocenters. The first kappa shape index (κ1) is 14.4. The third-order valence-corrected chi connectivity index (χ3v) is 3.05. The second-order valence-electron chi connectivity index (χ2n) is 4.53. The van der Waals surface area contributed by atoms with Crippen LogP contribution in [0.25, 0.3) is 0 Å². The van der Waals surface area contributed by atoms with E-state index in [1.165, 1.54) is 24.3 Å². The van der Waals surface area contributed by atoms with E-state index < -0.39 is 9.85 Å². The highest BCUT2D eigenvalue weighted by Gasteiger charge is 2.08. The molecule has 7 nitrogen and oxygen atoms in total. The van der Waals surface area contributed by atoms with Gasteiger partial charge in [0.2, 0.25) is 0 Å². The lowest BCUT2D eigenvalue weighted by molar-refractivity contribution is -0.385. The molecule has 0 radical (unpaired) electrons. The van der Waals surface area contributed by atoms with E-state index in [2.05, 4.69) is 5.32 Å². The van der Waals surface area contributed by atoms with Crippen LogP contribution < -0.4 is 5.32 Å². The van der Waals surface area contributed by atoms with Crippen molar-refractivity contribution in [1.82, 2.24) is 0 Å². The van der Waals surface area contributed by atoms with E-state index in [-0.39, 0.29) is 11.4 Å². The van der Waals surface area contributed by atoms with Gasteiger partial charge < -0.3 is 5.32 Å². The minimum atomic E-state index is -0.447. The maximum atomic E-state index is 10.7. The molecule has 0 saturated carbocycles. The highest BCUT2D eigenvalue weighted by molar-refractivity contribution is 5.55. The van der Waals surface area contributed by atoms with Gasteiger partial charge in [0.1, 0.15) is 0 Å². The number of aryl methyl sites for hydroxylation is 1. The molecular formula is C14H13N3O4. The standard InChI is InChI=1S/C14H13N3O4/c1-10-8-13(17(20)21)6-7-14(10)15-9-11-2-4-12(5-3-11)16(18)19/h2-8,15H,9H2,1H3. The number of non-ortho nitro benzene ring substituents is 2. The molecule has 108 valence electrons. The van der Waals surface area contributed by atoms with Crippen LogP contribution in [-0.2, 0) is 6.54 Å². The third kappa shape index (κ3) is 3.53. The summed E-state index contributed by atoms with van der Waals surface area (Å²) in [6.07, 6.45) is 0. The van der Waals surface area contributed by atoms with Gasteiger partial charge in [0.15, 0.2) is 0 Å². The number of nitro benzene ring substituents is 2. The Morgan fingerprint density at radius 3 is 2.05 bits per heavy atom. The number of benzene rings is 2. The summed E-state index contributed by atoms with van der Waals surface area (Å²) in [5.41, 5.74) is 2.54. The van der Waals surface area contributed by atoms with Gasteiger partial charge in [-0.25, -0.2) is 0 Å². The van der Waals surface area contributed by atoms with Crippen molar-refractivity contribution in [1.29, 1.82) is 0 Å². The quantitative estimate of drug-likeness (QED) is 0.671. The van der Waals surface area contributed by atoms with Crippen LogP contribution in [0.5, 0.6) is 0 Å². The molecule has 0 saturated heterocycles. The lowest BCUT2D eigenvalue weighted by Gasteiger charge is -2.09. The zero-order chi connectivity index (χ0) is 15.4. The highest BCUT2D eigenvalue weighted by atomic mass is 16.6. The van der Waals surface area contributed by atoms with Crippen LogP contribution in [0.2, 0.25) is 0 Å². The zero-order valence-corrected chi connectivity index (χ0v) is 11.3. The van der Waals surface area contributed by atoms with Crippen molar-refractivity contribution in [2.24, 2.45) is 0 Å². The van der Waals surface area contributed by atoms with Crippen molar-refractivity contribution in [3.63, 3.8) is 0 Å². The van der Waals surface area contributed by atoms with Gasteiger partial charge in [-0.1, -0.05) is 12.1 Å². The molecule has 0 atom stereocenters. The Balaban J connectivity index is 2.06. The summed E-state index contributed by atoms with van der Waals surface area (Å²) >= 11 is 0. The molecule has 0 aromatic heterocycles. The molecule has 0 amide bonds. The summed E-state index contributed by atoms with van der Waals surface area (Å²) in [6, 6.07) is 10.8. The fourth-order valence-corrected chi connectivity index (χ4v) is 1.89. The molecule has 0 fully saturated rings. The first-order chi connectivity index (χ1) is 9.97. The van der Waals surface area contributed by atoms with Gasteiger partial charge in [-0.05, 0) is 24.1 Å². The smallest absolute Gasteiger partial charge is 0.269 e. The molecule has 0 spiro atoms. The normalized spacial score (nSPS) is 10.1. The van der Waals surface area contributed by atoms with Crippen molar-refractivity contribution in [2.45, 2.75) is 13.5 Å². The van der Waals surface area contributed by atoms with Gasteiger partial charge in [-0.15, -0.1) is 0 Å². The van der Waals surface area contributed by atoms with E-state index in [9.17, 15) is 20.2 Å². The second-order valence-corrected chi connectivity index (χ2v) is 4.53. The average molecular weight is 287 g/mol. The Kier molecular flexibility index (Phi) is 4.13. The first-order valence-electron chi connectivity index (χ1n) is 6.19. The van der Waals surface area contributed by atoms with Crippen LogP contribution in [-0.4, -0.2) is 9.85 Å².